The van der Waals surface area contributed by atoms with Crippen LogP contribution in [0.2, 0.25) is 0 Å². The smallest absolute Gasteiger partial charge is 0.191 e. The van der Waals surface area contributed by atoms with E-state index in [1.54, 1.807) is 0 Å². The lowest BCUT2D eigenvalue weighted by molar-refractivity contribution is 0.0342. The molecule has 28 heavy (non-hydrogen) atoms. The molecule has 0 aliphatic carbocycles. The third-order valence-electron chi connectivity index (χ3n) is 5.72. The Morgan fingerprint density at radius 2 is 1.89 bits per heavy atom. The molecule has 3 aliphatic rings. The Labute approximate surface area is 185 Å². The monoisotopic (exact) mass is 500 g/mol. The number of hydrogen-bond donors (Lipinski definition) is 2. The van der Waals surface area contributed by atoms with Crippen LogP contribution in [0.5, 0.6) is 0 Å². The van der Waals surface area contributed by atoms with Crippen molar-refractivity contribution in [2.75, 3.05) is 32.8 Å². The van der Waals surface area contributed by atoms with Gasteiger partial charge in [0.25, 0.3) is 0 Å². The van der Waals surface area contributed by atoms with Crippen LogP contribution in [0, 0.1) is 0 Å². The van der Waals surface area contributed by atoms with Crippen molar-refractivity contribution < 1.29 is 9.47 Å². The third-order valence-corrected chi connectivity index (χ3v) is 5.72. The van der Waals surface area contributed by atoms with Crippen LogP contribution in [-0.2, 0) is 22.6 Å². The first-order chi connectivity index (χ1) is 13.3. The molecule has 6 nitrogen and oxygen atoms in total. The van der Waals surface area contributed by atoms with Crippen LogP contribution in [0.4, 0.5) is 0 Å². The molecule has 0 aromatic heterocycles. The van der Waals surface area contributed by atoms with Gasteiger partial charge in [-0.25, -0.2) is 4.99 Å². The van der Waals surface area contributed by atoms with Crippen molar-refractivity contribution in [3.8, 4) is 0 Å². The molecule has 3 unspecified atom stereocenters. The highest BCUT2D eigenvalue weighted by Gasteiger charge is 2.41. The highest BCUT2D eigenvalue weighted by Crippen LogP contribution is 2.34. The molecule has 2 bridgehead atoms. The third kappa shape index (κ3) is 5.81. The van der Waals surface area contributed by atoms with Crippen LogP contribution in [-0.4, -0.2) is 62.0 Å². The van der Waals surface area contributed by atoms with Crippen molar-refractivity contribution in [2.24, 2.45) is 4.99 Å². The van der Waals surface area contributed by atoms with E-state index in [1.807, 2.05) is 0 Å². The van der Waals surface area contributed by atoms with Gasteiger partial charge in [-0.05, 0) is 37.3 Å². The fraction of sp³-hybridized carbons (Fsp3) is 0.667. The molecule has 156 valence electrons. The largest absolute Gasteiger partial charge is 0.379 e. The number of aliphatic imine (C=N–C) groups is 1. The van der Waals surface area contributed by atoms with Crippen molar-refractivity contribution in [3.63, 3.8) is 0 Å². The van der Waals surface area contributed by atoms with Crippen molar-refractivity contribution >= 4 is 29.9 Å². The Morgan fingerprint density at radius 1 is 1.14 bits per heavy atom. The Hall–Kier alpha value is -0.900. The molecule has 3 saturated heterocycles. The Morgan fingerprint density at radius 3 is 2.54 bits per heavy atom. The minimum atomic E-state index is 0. The molecule has 3 heterocycles. The first kappa shape index (κ1) is 21.8. The standard InChI is InChI=1S/C21H32N4O2.HI/c1-2-22-21(24-19-13-18-7-8-20(19)27-18)23-14-16-3-5-17(6-4-16)15-25-9-11-26-12-10-25;/h3-6,18-20H,2,7-15H2,1H3,(H2,22,23,24);1H. The number of guanidine groups is 1. The van der Waals surface area contributed by atoms with Crippen LogP contribution < -0.4 is 10.6 Å². The lowest BCUT2D eigenvalue weighted by Gasteiger charge is -2.26. The number of nitrogens with zero attached hydrogens (tertiary/aromatic N) is 2. The Bertz CT molecular complexity index is 634. The topological polar surface area (TPSA) is 58.1 Å². The molecule has 3 atom stereocenters. The van der Waals surface area contributed by atoms with E-state index in [0.29, 0.717) is 24.8 Å². The zero-order valence-electron chi connectivity index (χ0n) is 16.7. The summed E-state index contributed by atoms with van der Waals surface area (Å²) in [6.07, 6.45) is 4.30. The quantitative estimate of drug-likeness (QED) is 0.357. The van der Waals surface area contributed by atoms with Crippen molar-refractivity contribution in [1.29, 1.82) is 0 Å². The summed E-state index contributed by atoms with van der Waals surface area (Å²) < 4.78 is 11.4. The number of fused-ring (bicyclic) bond motifs is 2. The molecule has 4 rings (SSSR count). The molecule has 0 saturated carbocycles. The highest BCUT2D eigenvalue weighted by atomic mass is 127. The van der Waals surface area contributed by atoms with E-state index in [2.05, 4.69) is 46.7 Å². The van der Waals surface area contributed by atoms with Gasteiger partial charge in [0.2, 0.25) is 0 Å². The summed E-state index contributed by atoms with van der Waals surface area (Å²) in [6.45, 7) is 8.41. The lowest BCUT2D eigenvalue weighted by Crippen LogP contribution is -2.47. The summed E-state index contributed by atoms with van der Waals surface area (Å²) in [4.78, 5) is 7.23. The van der Waals surface area contributed by atoms with E-state index < -0.39 is 0 Å². The first-order valence-electron chi connectivity index (χ1n) is 10.4. The Balaban J connectivity index is 0.00000225. The summed E-state index contributed by atoms with van der Waals surface area (Å²) in [7, 11) is 0. The molecule has 0 radical (unpaired) electrons. The normalized spacial score (nSPS) is 27.5. The van der Waals surface area contributed by atoms with E-state index in [1.165, 1.54) is 24.0 Å². The van der Waals surface area contributed by atoms with Gasteiger partial charge >= 0.3 is 0 Å². The molecule has 3 aliphatic heterocycles. The highest BCUT2D eigenvalue weighted by molar-refractivity contribution is 14.0. The number of halogens is 1. The second-order valence-corrected chi connectivity index (χ2v) is 7.76. The van der Waals surface area contributed by atoms with Crippen LogP contribution in [0.15, 0.2) is 29.3 Å². The molecule has 7 heteroatoms. The summed E-state index contributed by atoms with van der Waals surface area (Å²) in [5.74, 6) is 0.899. The molecule has 3 fully saturated rings. The van der Waals surface area contributed by atoms with Gasteiger partial charge in [-0.2, -0.15) is 0 Å². The molecule has 1 aromatic carbocycles. The molecule has 0 spiro atoms. The summed E-state index contributed by atoms with van der Waals surface area (Å²) in [6, 6.07) is 9.25. The molecular formula is C21H33IN4O2. The minimum absolute atomic E-state index is 0. The average molecular weight is 500 g/mol. The molecule has 2 N–H and O–H groups in total. The fourth-order valence-corrected chi connectivity index (χ4v) is 4.22. The maximum Gasteiger partial charge on any atom is 0.191 e. The number of ether oxygens (including phenoxy) is 2. The van der Waals surface area contributed by atoms with Crippen molar-refractivity contribution in [1.82, 2.24) is 15.5 Å². The number of rotatable bonds is 6. The van der Waals surface area contributed by atoms with Gasteiger partial charge in [-0.15, -0.1) is 24.0 Å². The molecular weight excluding hydrogens is 467 g/mol. The van der Waals surface area contributed by atoms with E-state index >= 15 is 0 Å². The number of morpholine rings is 1. The number of benzene rings is 1. The van der Waals surface area contributed by atoms with Gasteiger partial charge in [0.1, 0.15) is 0 Å². The van der Waals surface area contributed by atoms with Crippen LogP contribution >= 0.6 is 24.0 Å². The lowest BCUT2D eigenvalue weighted by atomic mass is 9.96. The van der Waals surface area contributed by atoms with E-state index in [9.17, 15) is 0 Å². The van der Waals surface area contributed by atoms with Gasteiger partial charge < -0.3 is 20.1 Å². The van der Waals surface area contributed by atoms with E-state index in [4.69, 9.17) is 14.5 Å². The first-order valence-corrected chi connectivity index (χ1v) is 10.4. The minimum Gasteiger partial charge on any atom is -0.379 e. The zero-order chi connectivity index (χ0) is 18.5. The number of nitrogens with one attached hydrogen (secondary N) is 2. The summed E-state index contributed by atoms with van der Waals surface area (Å²) in [5, 5.41) is 6.95. The molecule has 1 aromatic rings. The van der Waals surface area contributed by atoms with Crippen molar-refractivity contribution in [2.45, 2.75) is 57.5 Å². The van der Waals surface area contributed by atoms with E-state index in [0.717, 1.165) is 51.8 Å². The maximum atomic E-state index is 5.95. The predicted octanol–water partition coefficient (Wildman–Crippen LogP) is 2.51. The van der Waals surface area contributed by atoms with Gasteiger partial charge in [0, 0.05) is 26.2 Å². The van der Waals surface area contributed by atoms with E-state index in [-0.39, 0.29) is 24.0 Å². The predicted molar refractivity (Wildman–Crippen MR) is 122 cm³/mol. The van der Waals surface area contributed by atoms with Crippen molar-refractivity contribution in [3.05, 3.63) is 35.4 Å². The second-order valence-electron chi connectivity index (χ2n) is 7.76. The summed E-state index contributed by atoms with van der Waals surface area (Å²) >= 11 is 0. The fourth-order valence-electron chi connectivity index (χ4n) is 4.22. The van der Waals surface area contributed by atoms with Gasteiger partial charge in [0.15, 0.2) is 5.96 Å². The van der Waals surface area contributed by atoms with Crippen LogP contribution in [0.3, 0.4) is 0 Å². The zero-order valence-corrected chi connectivity index (χ0v) is 19.1. The Kier molecular flexibility index (Phi) is 8.37. The van der Waals surface area contributed by atoms with Crippen LogP contribution in [0.1, 0.15) is 37.3 Å². The molecule has 0 amide bonds. The van der Waals surface area contributed by atoms with Gasteiger partial charge in [-0.3, -0.25) is 4.90 Å². The van der Waals surface area contributed by atoms with Gasteiger partial charge in [0.05, 0.1) is 38.0 Å². The number of hydrogen-bond acceptors (Lipinski definition) is 4. The maximum absolute atomic E-state index is 5.95. The summed E-state index contributed by atoms with van der Waals surface area (Å²) in [5.41, 5.74) is 2.59. The average Bonchev–Trinajstić information content (AvgIpc) is 3.31. The second kappa shape index (κ2) is 10.8. The SMILES string of the molecule is CCNC(=NCc1ccc(CN2CCOCC2)cc1)NC1CC2CCC1O2.I. The van der Waals surface area contributed by atoms with Gasteiger partial charge in [-0.1, -0.05) is 24.3 Å². The van der Waals surface area contributed by atoms with Crippen LogP contribution in [0.25, 0.3) is 0 Å².